The number of hydrogen-bond acceptors (Lipinski definition) is 6. The van der Waals surface area contributed by atoms with E-state index in [0.29, 0.717) is 24.3 Å². The summed E-state index contributed by atoms with van der Waals surface area (Å²) in [6.07, 6.45) is 0.827. The summed E-state index contributed by atoms with van der Waals surface area (Å²) >= 11 is 0. The van der Waals surface area contributed by atoms with Gasteiger partial charge in [-0.2, -0.15) is 5.26 Å². The maximum Gasteiger partial charge on any atom is 0.336 e. The Morgan fingerprint density at radius 3 is 2.81 bits per heavy atom. The summed E-state index contributed by atoms with van der Waals surface area (Å²) in [7, 11) is -0.0217. The number of ether oxygens (including phenoxy) is 1. The molecule has 3 aliphatic heterocycles. The summed E-state index contributed by atoms with van der Waals surface area (Å²) in [5, 5.41) is 9.22. The van der Waals surface area contributed by atoms with Gasteiger partial charge in [-0.1, -0.05) is 13.8 Å². The quantitative estimate of drug-likeness (QED) is 0.731. The molecular formula is C18H23N2O5P. The molecule has 2 saturated heterocycles. The number of carbonyl (C=O) groups is 1. The molecule has 0 saturated carbocycles. The lowest BCUT2D eigenvalue weighted by atomic mass is 9.90. The number of hydrogen-bond donors (Lipinski definition) is 0. The van der Waals surface area contributed by atoms with Gasteiger partial charge in [-0.05, 0) is 24.6 Å². The van der Waals surface area contributed by atoms with Crippen molar-refractivity contribution in [2.24, 2.45) is 0 Å². The molecule has 1 aromatic rings. The highest BCUT2D eigenvalue weighted by molar-refractivity contribution is 7.42. The maximum atomic E-state index is 12.4. The molecule has 0 aliphatic carbocycles. The van der Waals surface area contributed by atoms with Gasteiger partial charge in [-0.3, -0.25) is 13.8 Å². The van der Waals surface area contributed by atoms with Gasteiger partial charge in [0.1, 0.15) is 5.75 Å². The van der Waals surface area contributed by atoms with E-state index in [1.54, 1.807) is 25.1 Å². The normalized spacial score (nSPS) is 32.0. The average Bonchev–Trinajstić information content (AvgIpc) is 3.23. The van der Waals surface area contributed by atoms with Crippen LogP contribution < -0.4 is 4.74 Å². The van der Waals surface area contributed by atoms with Crippen LogP contribution in [0.3, 0.4) is 0 Å². The second-order valence-corrected chi connectivity index (χ2v) is 7.35. The molecule has 0 spiro atoms. The van der Waals surface area contributed by atoms with Crippen molar-refractivity contribution >= 4 is 14.5 Å². The molecule has 4 rings (SSSR count). The van der Waals surface area contributed by atoms with Crippen LogP contribution >= 0.6 is 8.60 Å². The lowest BCUT2D eigenvalue weighted by Crippen LogP contribution is -2.53. The molecule has 2 fully saturated rings. The number of amides is 1. The number of nitriles is 1. The van der Waals surface area contributed by atoms with Crippen LogP contribution in [0.4, 0.5) is 0 Å². The van der Waals surface area contributed by atoms with Crippen molar-refractivity contribution in [3.05, 3.63) is 29.3 Å². The van der Waals surface area contributed by atoms with Gasteiger partial charge in [0, 0.05) is 32.6 Å². The highest BCUT2D eigenvalue weighted by atomic mass is 31.2. The Balaban J connectivity index is 0.000000948. The fraction of sp³-hybridized carbons (Fsp3) is 0.556. The largest absolute Gasteiger partial charge is 0.459 e. The Morgan fingerprint density at radius 2 is 2.19 bits per heavy atom. The second-order valence-electron chi connectivity index (χ2n) is 6.14. The Hall–Kier alpha value is -1.71. The van der Waals surface area contributed by atoms with Crippen molar-refractivity contribution in [1.82, 2.24) is 4.90 Å². The van der Waals surface area contributed by atoms with Crippen LogP contribution in [0.5, 0.6) is 5.75 Å². The molecular weight excluding hydrogens is 355 g/mol. The van der Waals surface area contributed by atoms with Crippen LogP contribution in [0.15, 0.2) is 18.2 Å². The molecule has 0 aromatic heterocycles. The van der Waals surface area contributed by atoms with E-state index in [1.165, 1.54) is 7.11 Å². The van der Waals surface area contributed by atoms with Crippen LogP contribution in [-0.2, 0) is 18.4 Å². The number of nitrogens with zero attached hydrogens (tertiary/aromatic N) is 2. The predicted octanol–water partition coefficient (Wildman–Crippen LogP) is 3.65. The monoisotopic (exact) mass is 378 g/mol. The van der Waals surface area contributed by atoms with Crippen molar-refractivity contribution in [2.45, 2.75) is 51.5 Å². The molecule has 3 aliphatic rings. The molecule has 8 heteroatoms. The predicted molar refractivity (Wildman–Crippen MR) is 95.1 cm³/mol. The number of likely N-dealkylation sites (tertiary alicyclic amines) is 1. The fourth-order valence-corrected chi connectivity index (χ4v) is 4.66. The smallest absolute Gasteiger partial charge is 0.336 e. The topological polar surface area (TPSA) is 81.0 Å². The first kappa shape index (κ1) is 19.1. The lowest BCUT2D eigenvalue weighted by Gasteiger charge is -2.43. The third-order valence-corrected chi connectivity index (χ3v) is 5.83. The molecule has 1 amide bonds. The Bertz CT molecular complexity index is 737. The van der Waals surface area contributed by atoms with Gasteiger partial charge in [-0.25, -0.2) is 0 Å². The zero-order valence-corrected chi connectivity index (χ0v) is 16.3. The van der Waals surface area contributed by atoms with Crippen molar-refractivity contribution in [3.63, 3.8) is 0 Å². The standard InChI is InChI=1S/C16H17N2O5P.C2H6/c1-16-15(22-24(20-2)23-16)14(18-7-3-4-13(18)19)11-8-10(9-17)5-6-12(11)21-16;1-2/h5-6,8,14-15H,3-4,7H2,1-2H3;1-2H3. The number of carbonyl (C=O) groups excluding carboxylic acids is 1. The highest BCUT2D eigenvalue weighted by Crippen LogP contribution is 2.60. The summed E-state index contributed by atoms with van der Waals surface area (Å²) in [4.78, 5) is 14.2. The molecule has 4 unspecified atom stereocenters. The molecule has 4 atom stereocenters. The average molecular weight is 378 g/mol. The molecule has 140 valence electrons. The first-order valence-electron chi connectivity index (χ1n) is 8.78. The number of benzene rings is 1. The molecule has 0 N–H and O–H groups in total. The molecule has 0 bridgehead atoms. The zero-order valence-electron chi connectivity index (χ0n) is 15.4. The van der Waals surface area contributed by atoms with E-state index in [1.807, 2.05) is 18.7 Å². The summed E-state index contributed by atoms with van der Waals surface area (Å²) in [5.74, 6) is -0.347. The van der Waals surface area contributed by atoms with Crippen LogP contribution in [0, 0.1) is 11.3 Å². The Kier molecular flexibility index (Phi) is 5.50. The van der Waals surface area contributed by atoms with E-state index in [2.05, 4.69) is 6.07 Å². The summed E-state index contributed by atoms with van der Waals surface area (Å²) < 4.78 is 23.1. The highest BCUT2D eigenvalue weighted by Gasteiger charge is 2.59. The second kappa shape index (κ2) is 7.50. The minimum absolute atomic E-state index is 0.0785. The molecule has 26 heavy (non-hydrogen) atoms. The molecule has 0 radical (unpaired) electrons. The molecule has 3 heterocycles. The van der Waals surface area contributed by atoms with Gasteiger partial charge >= 0.3 is 8.60 Å². The number of rotatable bonds is 2. The zero-order chi connectivity index (χ0) is 18.9. The van der Waals surface area contributed by atoms with E-state index in [4.69, 9.17) is 18.3 Å². The first-order valence-corrected chi connectivity index (χ1v) is 9.88. The lowest BCUT2D eigenvalue weighted by molar-refractivity contribution is -0.160. The van der Waals surface area contributed by atoms with Crippen LogP contribution in [0.1, 0.15) is 50.8 Å². The van der Waals surface area contributed by atoms with Gasteiger partial charge in [-0.15, -0.1) is 0 Å². The van der Waals surface area contributed by atoms with Gasteiger partial charge in [0.2, 0.25) is 11.7 Å². The van der Waals surface area contributed by atoms with Gasteiger partial charge in [0.25, 0.3) is 0 Å². The number of fused-ring (bicyclic) bond motifs is 2. The van der Waals surface area contributed by atoms with E-state index >= 15 is 0 Å². The van der Waals surface area contributed by atoms with Crippen LogP contribution in [0.2, 0.25) is 0 Å². The third kappa shape index (κ3) is 3.08. The van der Waals surface area contributed by atoms with Crippen LogP contribution in [0.25, 0.3) is 0 Å². The first-order chi connectivity index (χ1) is 12.6. The SMILES string of the molecule is CC.COP1OC2C(N3CCCC3=O)c3cc(C#N)ccc3OC2(C)O1. The maximum absolute atomic E-state index is 12.4. The fourth-order valence-electron chi connectivity index (χ4n) is 3.53. The molecule has 7 nitrogen and oxygen atoms in total. The van der Waals surface area contributed by atoms with E-state index < -0.39 is 20.5 Å². The molecule has 1 aromatic carbocycles. The minimum Gasteiger partial charge on any atom is -0.459 e. The van der Waals surface area contributed by atoms with E-state index in [9.17, 15) is 10.1 Å². The van der Waals surface area contributed by atoms with Crippen molar-refractivity contribution in [1.29, 1.82) is 5.26 Å². The van der Waals surface area contributed by atoms with Crippen LogP contribution in [-0.4, -0.2) is 36.4 Å². The third-order valence-electron chi connectivity index (χ3n) is 4.62. The summed E-state index contributed by atoms with van der Waals surface area (Å²) in [5.41, 5.74) is 1.30. The Labute approximate surface area is 154 Å². The van der Waals surface area contributed by atoms with Crippen molar-refractivity contribution < 1.29 is 23.1 Å². The van der Waals surface area contributed by atoms with Crippen molar-refractivity contribution in [2.75, 3.05) is 13.7 Å². The van der Waals surface area contributed by atoms with Crippen molar-refractivity contribution in [3.8, 4) is 11.8 Å². The minimum atomic E-state index is -1.54. The Morgan fingerprint density at radius 1 is 1.42 bits per heavy atom. The summed E-state index contributed by atoms with van der Waals surface area (Å²) in [6, 6.07) is 6.99. The van der Waals surface area contributed by atoms with Gasteiger partial charge in [0.15, 0.2) is 6.10 Å². The van der Waals surface area contributed by atoms with Gasteiger partial charge in [0.05, 0.1) is 17.7 Å². The van der Waals surface area contributed by atoms with Gasteiger partial charge < -0.3 is 14.2 Å². The summed E-state index contributed by atoms with van der Waals surface area (Å²) in [6.45, 7) is 6.45. The van der Waals surface area contributed by atoms with E-state index in [0.717, 1.165) is 12.0 Å². The van der Waals surface area contributed by atoms with E-state index in [-0.39, 0.29) is 11.9 Å².